The topological polar surface area (TPSA) is 96.5 Å². The standard InChI is InChI=1S/C13H15N3O4/c1-20-9-4-2-8(3-5-9)7-14-11(17)6-10-12(18)15-16-13(10)19/h2-5,10H,6-7H2,1H3,(H,14,17)(H,15,18)(H,16,19). The van der Waals surface area contributed by atoms with Gasteiger partial charge in [-0.05, 0) is 17.7 Å². The van der Waals surface area contributed by atoms with Crippen molar-refractivity contribution in [2.24, 2.45) is 5.92 Å². The third-order valence-electron chi connectivity index (χ3n) is 2.98. The second-order valence-corrected chi connectivity index (χ2v) is 4.36. The van der Waals surface area contributed by atoms with Crippen molar-refractivity contribution in [2.45, 2.75) is 13.0 Å². The maximum absolute atomic E-state index is 11.7. The summed E-state index contributed by atoms with van der Waals surface area (Å²) >= 11 is 0. The Morgan fingerprint density at radius 1 is 1.20 bits per heavy atom. The molecule has 1 aromatic rings. The lowest BCUT2D eigenvalue weighted by atomic mass is 10.1. The van der Waals surface area contributed by atoms with E-state index in [1.54, 1.807) is 19.2 Å². The summed E-state index contributed by atoms with van der Waals surface area (Å²) in [6, 6.07) is 7.24. The number of hydrogen-bond acceptors (Lipinski definition) is 4. The van der Waals surface area contributed by atoms with E-state index in [0.29, 0.717) is 6.54 Å². The highest BCUT2D eigenvalue weighted by molar-refractivity contribution is 6.07. The van der Waals surface area contributed by atoms with E-state index in [4.69, 9.17) is 4.74 Å². The predicted octanol–water partition coefficient (Wildman–Crippen LogP) is -0.521. The van der Waals surface area contributed by atoms with E-state index in [2.05, 4.69) is 16.2 Å². The van der Waals surface area contributed by atoms with Crippen LogP contribution in [0.5, 0.6) is 5.75 Å². The number of benzene rings is 1. The molecule has 0 aliphatic carbocycles. The Hall–Kier alpha value is -2.57. The summed E-state index contributed by atoms with van der Waals surface area (Å²) in [5.41, 5.74) is 5.26. The molecule has 1 saturated heterocycles. The summed E-state index contributed by atoms with van der Waals surface area (Å²) in [4.78, 5) is 34.2. The summed E-state index contributed by atoms with van der Waals surface area (Å²) < 4.78 is 5.03. The molecule has 0 unspecified atom stereocenters. The van der Waals surface area contributed by atoms with Crippen molar-refractivity contribution < 1.29 is 19.1 Å². The molecule has 3 N–H and O–H groups in total. The van der Waals surface area contributed by atoms with Crippen molar-refractivity contribution in [2.75, 3.05) is 7.11 Å². The maximum atomic E-state index is 11.7. The zero-order valence-electron chi connectivity index (χ0n) is 10.9. The number of carbonyl (C=O) groups is 3. The molecule has 0 radical (unpaired) electrons. The highest BCUT2D eigenvalue weighted by atomic mass is 16.5. The fourth-order valence-electron chi connectivity index (χ4n) is 1.80. The van der Waals surface area contributed by atoms with Gasteiger partial charge in [0.05, 0.1) is 7.11 Å². The van der Waals surface area contributed by atoms with Gasteiger partial charge in [0, 0.05) is 13.0 Å². The summed E-state index contributed by atoms with van der Waals surface area (Å²) in [5, 5.41) is 2.66. The van der Waals surface area contributed by atoms with Crippen LogP contribution in [0.2, 0.25) is 0 Å². The number of hydrogen-bond donors (Lipinski definition) is 3. The SMILES string of the molecule is COc1ccc(CNC(=O)CC2C(=O)NNC2=O)cc1. The van der Waals surface area contributed by atoms with E-state index in [1.807, 2.05) is 12.1 Å². The molecule has 7 heteroatoms. The molecular weight excluding hydrogens is 262 g/mol. The Bertz CT molecular complexity index is 511. The van der Waals surface area contributed by atoms with Crippen LogP contribution in [0.1, 0.15) is 12.0 Å². The normalized spacial score (nSPS) is 14.7. The third kappa shape index (κ3) is 3.25. The van der Waals surface area contributed by atoms with Crippen molar-refractivity contribution in [1.82, 2.24) is 16.2 Å². The van der Waals surface area contributed by atoms with Gasteiger partial charge in [-0.1, -0.05) is 12.1 Å². The summed E-state index contributed by atoms with van der Waals surface area (Å²) in [6.07, 6.45) is -0.159. The van der Waals surface area contributed by atoms with Crippen LogP contribution in [0.25, 0.3) is 0 Å². The van der Waals surface area contributed by atoms with Crippen molar-refractivity contribution in [1.29, 1.82) is 0 Å². The van der Waals surface area contributed by atoms with Gasteiger partial charge in [0.2, 0.25) is 5.91 Å². The quantitative estimate of drug-likeness (QED) is 0.631. The zero-order chi connectivity index (χ0) is 14.5. The van der Waals surface area contributed by atoms with Gasteiger partial charge in [0.15, 0.2) is 0 Å². The molecule has 1 aliphatic heterocycles. The maximum Gasteiger partial charge on any atom is 0.251 e. The molecule has 7 nitrogen and oxygen atoms in total. The second kappa shape index (κ2) is 6.05. The predicted molar refractivity (Wildman–Crippen MR) is 69.2 cm³/mol. The molecule has 0 saturated carbocycles. The minimum Gasteiger partial charge on any atom is -0.497 e. The number of rotatable bonds is 5. The van der Waals surface area contributed by atoms with Gasteiger partial charge in [-0.25, -0.2) is 0 Å². The first-order chi connectivity index (χ1) is 9.60. The van der Waals surface area contributed by atoms with Gasteiger partial charge in [-0.3, -0.25) is 25.2 Å². The van der Waals surface area contributed by atoms with E-state index >= 15 is 0 Å². The van der Waals surface area contributed by atoms with E-state index in [0.717, 1.165) is 11.3 Å². The van der Waals surface area contributed by atoms with E-state index in [-0.39, 0.29) is 12.3 Å². The van der Waals surface area contributed by atoms with Crippen LogP contribution in [0, 0.1) is 5.92 Å². The van der Waals surface area contributed by atoms with Crippen LogP contribution in [-0.2, 0) is 20.9 Å². The number of methoxy groups -OCH3 is 1. The van der Waals surface area contributed by atoms with Crippen LogP contribution in [-0.4, -0.2) is 24.8 Å². The number of hydrazine groups is 1. The molecule has 1 heterocycles. The second-order valence-electron chi connectivity index (χ2n) is 4.36. The largest absolute Gasteiger partial charge is 0.497 e. The molecule has 0 spiro atoms. The Morgan fingerprint density at radius 3 is 2.35 bits per heavy atom. The van der Waals surface area contributed by atoms with Gasteiger partial charge in [-0.15, -0.1) is 0 Å². The van der Waals surface area contributed by atoms with E-state index in [9.17, 15) is 14.4 Å². The van der Waals surface area contributed by atoms with Gasteiger partial charge in [-0.2, -0.15) is 0 Å². The fourth-order valence-corrected chi connectivity index (χ4v) is 1.80. The average molecular weight is 277 g/mol. The molecule has 1 aliphatic rings. The van der Waals surface area contributed by atoms with Crippen LogP contribution >= 0.6 is 0 Å². The van der Waals surface area contributed by atoms with Crippen LogP contribution < -0.4 is 20.9 Å². The van der Waals surface area contributed by atoms with E-state index < -0.39 is 17.7 Å². The van der Waals surface area contributed by atoms with Crippen molar-refractivity contribution in [3.05, 3.63) is 29.8 Å². The molecule has 20 heavy (non-hydrogen) atoms. The van der Waals surface area contributed by atoms with Gasteiger partial charge < -0.3 is 10.1 Å². The van der Waals surface area contributed by atoms with Crippen molar-refractivity contribution in [3.63, 3.8) is 0 Å². The molecule has 1 aromatic carbocycles. The average Bonchev–Trinajstić information content (AvgIpc) is 2.77. The highest BCUT2D eigenvalue weighted by Gasteiger charge is 2.34. The smallest absolute Gasteiger partial charge is 0.251 e. The van der Waals surface area contributed by atoms with Crippen molar-refractivity contribution in [3.8, 4) is 5.75 Å². The zero-order valence-corrected chi connectivity index (χ0v) is 10.9. The molecule has 1 fully saturated rings. The first-order valence-electron chi connectivity index (χ1n) is 6.09. The lowest BCUT2D eigenvalue weighted by Gasteiger charge is -2.07. The van der Waals surface area contributed by atoms with Crippen LogP contribution in [0.4, 0.5) is 0 Å². The fraction of sp³-hybridized carbons (Fsp3) is 0.308. The Balaban J connectivity index is 1.82. The molecule has 0 bridgehead atoms. The summed E-state index contributed by atoms with van der Waals surface area (Å²) in [5.74, 6) is -1.52. The summed E-state index contributed by atoms with van der Waals surface area (Å²) in [6.45, 7) is 0.332. The van der Waals surface area contributed by atoms with Crippen LogP contribution in [0.15, 0.2) is 24.3 Å². The van der Waals surface area contributed by atoms with Crippen molar-refractivity contribution >= 4 is 17.7 Å². The lowest BCUT2D eigenvalue weighted by Crippen LogP contribution is -2.30. The monoisotopic (exact) mass is 277 g/mol. The molecule has 106 valence electrons. The highest BCUT2D eigenvalue weighted by Crippen LogP contribution is 2.11. The molecule has 2 rings (SSSR count). The minimum atomic E-state index is -0.953. The Labute approximate surface area is 115 Å². The minimum absolute atomic E-state index is 0.159. The molecule has 0 aromatic heterocycles. The molecule has 0 atom stereocenters. The number of nitrogens with one attached hydrogen (secondary N) is 3. The molecule has 3 amide bonds. The molecular formula is C13H15N3O4. The van der Waals surface area contributed by atoms with Gasteiger partial charge in [0.25, 0.3) is 11.8 Å². The van der Waals surface area contributed by atoms with Gasteiger partial charge >= 0.3 is 0 Å². The van der Waals surface area contributed by atoms with Crippen LogP contribution in [0.3, 0.4) is 0 Å². The lowest BCUT2D eigenvalue weighted by molar-refractivity contribution is -0.133. The first-order valence-corrected chi connectivity index (χ1v) is 6.09. The summed E-state index contributed by atoms with van der Waals surface area (Å²) in [7, 11) is 1.58. The number of ether oxygens (including phenoxy) is 1. The van der Waals surface area contributed by atoms with E-state index in [1.165, 1.54) is 0 Å². The number of amides is 3. The Kier molecular flexibility index (Phi) is 4.19. The Morgan fingerprint density at radius 2 is 1.80 bits per heavy atom. The first kappa shape index (κ1) is 13.9. The van der Waals surface area contributed by atoms with Gasteiger partial charge in [0.1, 0.15) is 11.7 Å². The number of carbonyl (C=O) groups excluding carboxylic acids is 3. The third-order valence-corrected chi connectivity index (χ3v) is 2.98.